The van der Waals surface area contributed by atoms with Crippen LogP contribution in [0.25, 0.3) is 0 Å². The normalized spacial score (nSPS) is 11.4. The molecule has 0 aliphatic heterocycles. The number of hydrogen-bond donors (Lipinski definition) is 3. The van der Waals surface area contributed by atoms with Gasteiger partial charge in [0.2, 0.25) is 0 Å². The molecule has 5 nitrogen and oxygen atoms in total. The van der Waals surface area contributed by atoms with Crippen molar-refractivity contribution in [3.63, 3.8) is 0 Å². The van der Waals surface area contributed by atoms with Crippen molar-refractivity contribution >= 4 is 23.3 Å². The van der Waals surface area contributed by atoms with Crippen LogP contribution in [0, 0.1) is 0 Å². The van der Waals surface area contributed by atoms with Gasteiger partial charge in [-0.3, -0.25) is 10.9 Å². The highest BCUT2D eigenvalue weighted by molar-refractivity contribution is 6.33. The summed E-state index contributed by atoms with van der Waals surface area (Å²) in [6, 6.07) is 2.28. The van der Waals surface area contributed by atoms with E-state index >= 15 is 0 Å². The molecule has 0 bridgehead atoms. The minimum Gasteiger partial charge on any atom is -0.381 e. The molecule has 1 rings (SSSR count). The summed E-state index contributed by atoms with van der Waals surface area (Å²) < 4.78 is 43.8. The second kappa shape index (κ2) is 16.9. The first-order valence-corrected chi connectivity index (χ1v) is 12.0. The van der Waals surface area contributed by atoms with E-state index in [9.17, 15) is 18.0 Å². The highest BCUT2D eigenvalue weighted by Crippen LogP contribution is 2.33. The van der Waals surface area contributed by atoms with Crippen LogP contribution in [0.5, 0.6) is 0 Å². The molecule has 0 radical (unpaired) electrons. The van der Waals surface area contributed by atoms with E-state index in [2.05, 4.69) is 23.1 Å². The zero-order chi connectivity index (χ0) is 23.7. The summed E-state index contributed by atoms with van der Waals surface area (Å²) in [7, 11) is 0. The molecule has 9 heteroatoms. The highest BCUT2D eigenvalue weighted by atomic mass is 35.5. The monoisotopic (exact) mass is 479 g/mol. The molecule has 0 aliphatic carbocycles. The van der Waals surface area contributed by atoms with Crippen LogP contribution in [0.4, 0.5) is 23.7 Å². The van der Waals surface area contributed by atoms with Crippen LogP contribution in [-0.2, 0) is 10.9 Å². The van der Waals surface area contributed by atoms with Gasteiger partial charge < -0.3 is 10.1 Å². The third kappa shape index (κ3) is 13.7. The average Bonchev–Trinajstić information content (AvgIpc) is 2.75. The van der Waals surface area contributed by atoms with Gasteiger partial charge in [-0.1, -0.05) is 76.3 Å². The summed E-state index contributed by atoms with van der Waals surface area (Å²) in [6.45, 7) is 3.89. The number of hydrogen-bond acceptors (Lipinski definition) is 3. The Balaban J connectivity index is 1.98. The minimum atomic E-state index is -4.49. The van der Waals surface area contributed by atoms with E-state index in [4.69, 9.17) is 16.3 Å². The number of anilines is 1. The number of carbonyl (C=O) groups excluding carboxylic acids is 1. The number of carbonyl (C=O) groups is 1. The van der Waals surface area contributed by atoms with E-state index < -0.39 is 17.8 Å². The van der Waals surface area contributed by atoms with Gasteiger partial charge in [0, 0.05) is 19.8 Å². The predicted octanol–water partition coefficient (Wildman–Crippen LogP) is 7.31. The largest absolute Gasteiger partial charge is 0.416 e. The summed E-state index contributed by atoms with van der Waals surface area (Å²) in [5.74, 6) is 0. The molecular formula is C23H37ClF3N3O2. The Labute approximate surface area is 194 Å². The van der Waals surface area contributed by atoms with Gasteiger partial charge in [0.05, 0.1) is 16.3 Å². The van der Waals surface area contributed by atoms with Crippen molar-refractivity contribution < 1.29 is 22.7 Å². The van der Waals surface area contributed by atoms with Crippen molar-refractivity contribution in [3.05, 3.63) is 28.8 Å². The fourth-order valence-corrected chi connectivity index (χ4v) is 3.30. The lowest BCUT2D eigenvalue weighted by molar-refractivity contribution is -0.137. The Hall–Kier alpha value is -1.67. The fourth-order valence-electron chi connectivity index (χ4n) is 3.14. The van der Waals surface area contributed by atoms with Crippen molar-refractivity contribution in [2.45, 2.75) is 83.7 Å². The van der Waals surface area contributed by atoms with Gasteiger partial charge in [-0.05, 0) is 31.0 Å². The van der Waals surface area contributed by atoms with Crippen LogP contribution < -0.4 is 16.2 Å². The molecule has 184 valence electrons. The van der Waals surface area contributed by atoms with Crippen molar-refractivity contribution in [1.29, 1.82) is 0 Å². The summed E-state index contributed by atoms with van der Waals surface area (Å²) in [5.41, 5.74) is 3.79. The van der Waals surface area contributed by atoms with Gasteiger partial charge in [0.25, 0.3) is 0 Å². The van der Waals surface area contributed by atoms with Crippen LogP contribution >= 0.6 is 11.6 Å². The quantitative estimate of drug-likeness (QED) is 0.162. The SMILES string of the molecule is CCCCCCCCCCCCOCCCNC(=O)NNc1cc(C(F)(F)F)ccc1Cl. The maximum absolute atomic E-state index is 12.8. The van der Waals surface area contributed by atoms with E-state index in [1.807, 2.05) is 0 Å². The average molecular weight is 480 g/mol. The first-order chi connectivity index (χ1) is 15.3. The van der Waals surface area contributed by atoms with Gasteiger partial charge in [0.15, 0.2) is 0 Å². The fraction of sp³-hybridized carbons (Fsp3) is 0.696. The van der Waals surface area contributed by atoms with E-state index in [0.29, 0.717) is 19.6 Å². The second-order valence-corrected chi connectivity index (χ2v) is 8.25. The molecule has 3 N–H and O–H groups in total. The molecule has 0 aromatic heterocycles. The number of amides is 2. The lowest BCUT2D eigenvalue weighted by atomic mass is 10.1. The van der Waals surface area contributed by atoms with E-state index in [0.717, 1.165) is 31.2 Å². The standard InChI is InChI=1S/C23H37ClF3N3O2/c1-2-3-4-5-6-7-8-9-10-11-16-32-17-12-15-28-22(31)30-29-21-18-19(23(25,26)27)13-14-20(21)24/h13-14,18,29H,2-12,15-17H2,1H3,(H2,28,30,31). The number of benzene rings is 1. The Bertz CT molecular complexity index is 645. The van der Waals surface area contributed by atoms with Gasteiger partial charge in [0.1, 0.15) is 0 Å². The Morgan fingerprint density at radius 2 is 1.53 bits per heavy atom. The molecule has 0 heterocycles. The number of rotatable bonds is 17. The molecule has 32 heavy (non-hydrogen) atoms. The molecule has 0 saturated heterocycles. The Morgan fingerprint density at radius 1 is 0.938 bits per heavy atom. The first kappa shape index (κ1) is 28.4. The first-order valence-electron chi connectivity index (χ1n) is 11.6. The van der Waals surface area contributed by atoms with Gasteiger partial charge in [-0.15, -0.1) is 0 Å². The molecule has 0 atom stereocenters. The third-order valence-corrected chi connectivity index (χ3v) is 5.33. The predicted molar refractivity (Wildman–Crippen MR) is 124 cm³/mol. The van der Waals surface area contributed by atoms with E-state index in [1.165, 1.54) is 57.8 Å². The molecular weight excluding hydrogens is 443 g/mol. The maximum Gasteiger partial charge on any atom is 0.416 e. The number of alkyl halides is 3. The summed E-state index contributed by atoms with van der Waals surface area (Å²) in [4.78, 5) is 11.8. The van der Waals surface area contributed by atoms with Gasteiger partial charge >= 0.3 is 12.2 Å². The topological polar surface area (TPSA) is 62.4 Å². The summed E-state index contributed by atoms with van der Waals surface area (Å²) in [6.07, 6.45) is 8.97. The smallest absolute Gasteiger partial charge is 0.381 e. The number of urea groups is 1. The minimum absolute atomic E-state index is 0.0310. The molecule has 0 aliphatic rings. The van der Waals surface area contributed by atoms with E-state index in [-0.39, 0.29) is 10.7 Å². The second-order valence-electron chi connectivity index (χ2n) is 7.85. The van der Waals surface area contributed by atoms with Crippen molar-refractivity contribution in [3.8, 4) is 0 Å². The molecule has 1 aromatic carbocycles. The van der Waals surface area contributed by atoms with Crippen LogP contribution in [0.1, 0.15) is 83.1 Å². The van der Waals surface area contributed by atoms with Crippen LogP contribution in [0.2, 0.25) is 5.02 Å². The molecule has 0 spiro atoms. The van der Waals surface area contributed by atoms with Crippen molar-refractivity contribution in [1.82, 2.24) is 10.7 Å². The van der Waals surface area contributed by atoms with Gasteiger partial charge in [-0.2, -0.15) is 13.2 Å². The molecule has 0 saturated carbocycles. The number of unbranched alkanes of at least 4 members (excludes halogenated alkanes) is 9. The third-order valence-electron chi connectivity index (χ3n) is 5.00. The highest BCUT2D eigenvalue weighted by Gasteiger charge is 2.31. The summed E-state index contributed by atoms with van der Waals surface area (Å²) in [5, 5.41) is 2.67. The number of hydrazine groups is 1. The van der Waals surface area contributed by atoms with Crippen molar-refractivity contribution in [2.24, 2.45) is 0 Å². The van der Waals surface area contributed by atoms with Crippen molar-refractivity contribution in [2.75, 3.05) is 25.2 Å². The molecule has 2 amide bonds. The maximum atomic E-state index is 12.8. The van der Waals surface area contributed by atoms with E-state index in [1.54, 1.807) is 0 Å². The lowest BCUT2D eigenvalue weighted by Gasteiger charge is -2.13. The zero-order valence-corrected chi connectivity index (χ0v) is 19.7. The number of ether oxygens (including phenoxy) is 1. The number of nitrogens with one attached hydrogen (secondary N) is 3. The molecule has 0 fully saturated rings. The van der Waals surface area contributed by atoms with Crippen LogP contribution in [0.3, 0.4) is 0 Å². The molecule has 1 aromatic rings. The summed E-state index contributed by atoms with van der Waals surface area (Å²) >= 11 is 5.86. The number of halogens is 4. The van der Waals surface area contributed by atoms with Crippen LogP contribution in [0.15, 0.2) is 18.2 Å². The lowest BCUT2D eigenvalue weighted by Crippen LogP contribution is -2.39. The molecule has 0 unspecified atom stereocenters. The zero-order valence-electron chi connectivity index (χ0n) is 19.0. The Kier molecular flexibility index (Phi) is 15.0. The van der Waals surface area contributed by atoms with Gasteiger partial charge in [-0.25, -0.2) is 4.79 Å². The van der Waals surface area contributed by atoms with Crippen LogP contribution in [-0.4, -0.2) is 25.8 Å². The Morgan fingerprint density at radius 3 is 2.16 bits per heavy atom.